The standard InChI is InChI=1S/C18H13BrN6O6S2/c19-14-10-24(22-16(14)25(27)28)9-12-3-6-15(31-12)17(26)21-11-1-4-13(5-2-11)33(29,30)23-18-20-7-8-32-18/h1-8,10H,9H2,(H,20,23)(H,21,26). The number of rotatable bonds is 8. The number of benzene rings is 1. The van der Waals surface area contributed by atoms with Crippen LogP contribution in [-0.4, -0.2) is 34.0 Å². The van der Waals surface area contributed by atoms with Crippen LogP contribution in [0, 0.1) is 10.1 Å². The van der Waals surface area contributed by atoms with E-state index in [2.05, 4.69) is 36.1 Å². The zero-order valence-corrected chi connectivity index (χ0v) is 19.6. The molecule has 4 aromatic rings. The molecule has 1 aromatic carbocycles. The highest BCUT2D eigenvalue weighted by molar-refractivity contribution is 9.10. The van der Waals surface area contributed by atoms with Crippen molar-refractivity contribution in [3.05, 3.63) is 80.3 Å². The van der Waals surface area contributed by atoms with Gasteiger partial charge in [-0.2, -0.15) is 4.68 Å². The lowest BCUT2D eigenvalue weighted by Crippen LogP contribution is -2.14. The Morgan fingerprint density at radius 3 is 2.64 bits per heavy atom. The quantitative estimate of drug-likeness (QED) is 0.247. The maximum atomic E-state index is 12.5. The average Bonchev–Trinajstić information content (AvgIpc) is 3.50. The van der Waals surface area contributed by atoms with Gasteiger partial charge in [0.05, 0.1) is 16.2 Å². The van der Waals surface area contributed by atoms with E-state index in [1.807, 2.05) is 0 Å². The van der Waals surface area contributed by atoms with Crippen LogP contribution >= 0.6 is 27.3 Å². The largest absolute Gasteiger partial charge is 0.454 e. The van der Waals surface area contributed by atoms with Gasteiger partial charge in [0.2, 0.25) is 0 Å². The Morgan fingerprint density at radius 2 is 2.00 bits per heavy atom. The van der Waals surface area contributed by atoms with Gasteiger partial charge in [-0.25, -0.2) is 13.4 Å². The van der Waals surface area contributed by atoms with E-state index in [9.17, 15) is 23.3 Å². The second-order valence-electron chi connectivity index (χ2n) is 6.44. The number of halogens is 1. The molecular weight excluding hydrogens is 540 g/mol. The Bertz CT molecular complexity index is 1410. The van der Waals surface area contributed by atoms with Gasteiger partial charge in [0.25, 0.3) is 15.9 Å². The minimum atomic E-state index is -3.80. The van der Waals surface area contributed by atoms with E-state index in [-0.39, 0.29) is 32.6 Å². The molecule has 0 atom stereocenters. The molecule has 0 fully saturated rings. The Labute approximate surface area is 198 Å². The lowest BCUT2D eigenvalue weighted by atomic mass is 10.3. The number of anilines is 2. The van der Waals surface area contributed by atoms with Crippen molar-refractivity contribution in [2.24, 2.45) is 0 Å². The van der Waals surface area contributed by atoms with Gasteiger partial charge < -0.3 is 19.8 Å². The molecule has 0 spiro atoms. The number of hydrogen-bond acceptors (Lipinski definition) is 9. The summed E-state index contributed by atoms with van der Waals surface area (Å²) in [7, 11) is -3.80. The van der Waals surface area contributed by atoms with Gasteiger partial charge in [0.15, 0.2) is 10.9 Å². The van der Waals surface area contributed by atoms with Crippen molar-refractivity contribution >= 4 is 59.8 Å². The van der Waals surface area contributed by atoms with Gasteiger partial charge in [-0.3, -0.25) is 9.52 Å². The van der Waals surface area contributed by atoms with Gasteiger partial charge in [-0.05, 0) is 57.3 Å². The number of nitrogens with zero attached hydrogens (tertiary/aromatic N) is 4. The predicted octanol–water partition coefficient (Wildman–Crippen LogP) is 3.70. The molecule has 0 aliphatic heterocycles. The molecular formula is C18H13BrN6O6S2. The van der Waals surface area contributed by atoms with E-state index in [4.69, 9.17) is 4.42 Å². The second-order valence-corrected chi connectivity index (χ2v) is 9.87. The summed E-state index contributed by atoms with van der Waals surface area (Å²) in [6, 6.07) is 8.59. The van der Waals surface area contributed by atoms with Crippen molar-refractivity contribution in [3.63, 3.8) is 0 Å². The summed E-state index contributed by atoms with van der Waals surface area (Å²) < 4.78 is 34.1. The molecule has 0 aliphatic carbocycles. The molecule has 2 N–H and O–H groups in total. The van der Waals surface area contributed by atoms with Crippen LogP contribution in [0.15, 0.2) is 68.0 Å². The number of furan rings is 1. The molecule has 1 amide bonds. The lowest BCUT2D eigenvalue weighted by Gasteiger charge is -2.07. The fourth-order valence-electron chi connectivity index (χ4n) is 2.69. The predicted molar refractivity (Wildman–Crippen MR) is 122 cm³/mol. The fourth-order valence-corrected chi connectivity index (χ4v) is 4.94. The van der Waals surface area contributed by atoms with Gasteiger partial charge in [0, 0.05) is 17.3 Å². The van der Waals surface area contributed by atoms with E-state index in [1.54, 1.807) is 11.4 Å². The molecule has 12 nitrogen and oxygen atoms in total. The van der Waals surface area contributed by atoms with Gasteiger partial charge in [-0.15, -0.1) is 11.3 Å². The number of carbonyl (C=O) groups excluding carboxylic acids is 1. The van der Waals surface area contributed by atoms with Crippen LogP contribution in [0.2, 0.25) is 0 Å². The van der Waals surface area contributed by atoms with Gasteiger partial charge in [0.1, 0.15) is 16.8 Å². The zero-order chi connectivity index (χ0) is 23.6. The summed E-state index contributed by atoms with van der Waals surface area (Å²) in [6.45, 7) is 0.0817. The Kier molecular flexibility index (Phi) is 6.26. The van der Waals surface area contributed by atoms with Crippen LogP contribution in [0.3, 0.4) is 0 Å². The number of amides is 1. The number of nitrogens with one attached hydrogen (secondary N) is 2. The highest BCUT2D eigenvalue weighted by atomic mass is 79.9. The minimum absolute atomic E-state index is 0.00727. The molecule has 0 unspecified atom stereocenters. The fraction of sp³-hybridized carbons (Fsp3) is 0.0556. The Morgan fingerprint density at radius 1 is 1.24 bits per heavy atom. The molecule has 170 valence electrons. The third-order valence-corrected chi connectivity index (χ3v) is 6.88. The topological polar surface area (TPSA) is 162 Å². The lowest BCUT2D eigenvalue weighted by molar-refractivity contribution is -0.390. The normalized spacial score (nSPS) is 11.3. The van der Waals surface area contributed by atoms with Crippen LogP contribution in [0.5, 0.6) is 0 Å². The summed E-state index contributed by atoms with van der Waals surface area (Å²) in [5.41, 5.74) is 0.359. The highest BCUT2D eigenvalue weighted by Crippen LogP contribution is 2.23. The molecule has 0 saturated carbocycles. The summed E-state index contributed by atoms with van der Waals surface area (Å²) in [6.07, 6.45) is 2.92. The molecule has 3 heterocycles. The number of aromatic nitrogens is 3. The molecule has 0 aliphatic rings. The molecule has 0 bridgehead atoms. The first-order valence-corrected chi connectivity index (χ1v) is 12.2. The van der Waals surface area contributed by atoms with Crippen molar-refractivity contribution in [1.29, 1.82) is 0 Å². The highest BCUT2D eigenvalue weighted by Gasteiger charge is 2.20. The van der Waals surface area contributed by atoms with Crippen molar-refractivity contribution in [2.75, 3.05) is 10.0 Å². The van der Waals surface area contributed by atoms with E-state index in [0.717, 1.165) is 11.3 Å². The molecule has 0 radical (unpaired) electrons. The molecule has 0 saturated heterocycles. The summed E-state index contributed by atoms with van der Waals surface area (Å²) in [4.78, 5) is 26.6. The summed E-state index contributed by atoms with van der Waals surface area (Å²) in [5, 5.41) is 19.2. The first-order chi connectivity index (χ1) is 15.7. The number of hydrogen-bond donors (Lipinski definition) is 2. The molecule has 33 heavy (non-hydrogen) atoms. The van der Waals surface area contributed by atoms with E-state index >= 15 is 0 Å². The third kappa shape index (κ3) is 5.27. The smallest absolute Gasteiger partial charge is 0.404 e. The monoisotopic (exact) mass is 552 g/mol. The van der Waals surface area contributed by atoms with Crippen molar-refractivity contribution in [2.45, 2.75) is 11.4 Å². The summed E-state index contributed by atoms with van der Waals surface area (Å²) in [5.74, 6) is -0.509. The van der Waals surface area contributed by atoms with Crippen LogP contribution in [-0.2, 0) is 16.6 Å². The van der Waals surface area contributed by atoms with Gasteiger partial charge >= 0.3 is 5.82 Å². The van der Waals surface area contributed by atoms with Crippen LogP contribution < -0.4 is 10.0 Å². The van der Waals surface area contributed by atoms with E-state index in [1.165, 1.54) is 47.4 Å². The summed E-state index contributed by atoms with van der Waals surface area (Å²) >= 11 is 4.22. The maximum Gasteiger partial charge on any atom is 0.404 e. The number of carbonyl (C=O) groups is 1. The second kappa shape index (κ2) is 9.13. The van der Waals surface area contributed by atoms with Gasteiger partial charge in [-0.1, -0.05) is 0 Å². The van der Waals surface area contributed by atoms with Crippen LogP contribution in [0.25, 0.3) is 0 Å². The third-order valence-electron chi connectivity index (χ3n) is 4.15. The van der Waals surface area contributed by atoms with E-state index in [0.29, 0.717) is 11.4 Å². The Hall–Kier alpha value is -3.56. The molecule has 15 heteroatoms. The number of sulfonamides is 1. The Balaban J connectivity index is 1.40. The van der Waals surface area contributed by atoms with Crippen LogP contribution in [0.1, 0.15) is 16.3 Å². The van der Waals surface area contributed by atoms with Crippen LogP contribution in [0.4, 0.5) is 16.6 Å². The minimum Gasteiger partial charge on any atom is -0.454 e. The molecule has 3 aromatic heterocycles. The van der Waals surface area contributed by atoms with Crippen molar-refractivity contribution in [1.82, 2.24) is 14.8 Å². The van der Waals surface area contributed by atoms with E-state index < -0.39 is 20.9 Å². The van der Waals surface area contributed by atoms with Crippen molar-refractivity contribution in [3.8, 4) is 0 Å². The SMILES string of the molecule is O=C(Nc1ccc(S(=O)(=O)Nc2nccs2)cc1)c1ccc(Cn2cc(Br)c([N+](=O)[O-])n2)o1. The number of thiazole rings is 1. The maximum absolute atomic E-state index is 12.5. The molecule has 4 rings (SSSR count). The van der Waals surface area contributed by atoms with Crippen molar-refractivity contribution < 1.29 is 22.6 Å². The first-order valence-electron chi connectivity index (χ1n) is 9.01. The zero-order valence-electron chi connectivity index (χ0n) is 16.3. The average molecular weight is 553 g/mol. The first kappa shape index (κ1) is 22.6. The number of nitro groups is 1.